The van der Waals surface area contributed by atoms with Crippen molar-refractivity contribution in [1.82, 2.24) is 4.98 Å². The largest absolute Gasteiger partial charge is 0.370 e. The molecular formula is C15H17N3O2S. The minimum atomic E-state index is -0.387. The average molecular weight is 303 g/mol. The summed E-state index contributed by atoms with van der Waals surface area (Å²) in [5.74, 6) is 1.69. The number of anilines is 1. The van der Waals surface area contributed by atoms with Crippen LogP contribution >= 0.6 is 11.8 Å². The van der Waals surface area contributed by atoms with E-state index in [0.29, 0.717) is 0 Å². The summed E-state index contributed by atoms with van der Waals surface area (Å²) in [6.45, 7) is 3.01. The normalized spacial score (nSPS) is 10.3. The van der Waals surface area contributed by atoms with Crippen molar-refractivity contribution >= 4 is 23.3 Å². The summed E-state index contributed by atoms with van der Waals surface area (Å²) in [5, 5.41) is 13.9. The van der Waals surface area contributed by atoms with E-state index in [9.17, 15) is 10.1 Å². The second-order valence-electron chi connectivity index (χ2n) is 4.48. The SMILES string of the molecule is CCCNc1ncccc1CSc1ccc([N+](=O)[O-])cc1. The molecule has 0 aliphatic rings. The molecule has 110 valence electrons. The molecule has 0 saturated heterocycles. The number of hydrogen-bond donors (Lipinski definition) is 1. The Kier molecular flexibility index (Phi) is 5.57. The van der Waals surface area contributed by atoms with Gasteiger partial charge in [0.1, 0.15) is 5.82 Å². The van der Waals surface area contributed by atoms with Gasteiger partial charge in [-0.15, -0.1) is 11.8 Å². The van der Waals surface area contributed by atoms with E-state index in [4.69, 9.17) is 0 Å². The van der Waals surface area contributed by atoms with Crippen molar-refractivity contribution in [2.75, 3.05) is 11.9 Å². The summed E-state index contributed by atoms with van der Waals surface area (Å²) in [6.07, 6.45) is 2.82. The molecule has 2 aromatic rings. The van der Waals surface area contributed by atoms with Gasteiger partial charge in [-0.3, -0.25) is 10.1 Å². The fourth-order valence-electron chi connectivity index (χ4n) is 1.78. The van der Waals surface area contributed by atoms with E-state index in [1.54, 1.807) is 30.1 Å². The van der Waals surface area contributed by atoms with E-state index in [1.165, 1.54) is 12.1 Å². The van der Waals surface area contributed by atoms with Gasteiger partial charge in [0, 0.05) is 41.1 Å². The number of aromatic nitrogens is 1. The van der Waals surface area contributed by atoms with Crippen molar-refractivity contribution in [3.05, 3.63) is 58.3 Å². The standard InChI is InChI=1S/C15H17N3O2S/c1-2-9-16-15-12(4-3-10-17-15)11-21-14-7-5-13(6-8-14)18(19)20/h3-8,10H,2,9,11H2,1H3,(H,16,17). The van der Waals surface area contributed by atoms with Crippen LogP contribution in [0.15, 0.2) is 47.5 Å². The molecule has 6 heteroatoms. The van der Waals surface area contributed by atoms with Crippen LogP contribution in [-0.4, -0.2) is 16.5 Å². The first-order valence-corrected chi connectivity index (χ1v) is 7.74. The van der Waals surface area contributed by atoms with Crippen molar-refractivity contribution in [3.63, 3.8) is 0 Å². The van der Waals surface area contributed by atoms with Gasteiger partial charge in [0.2, 0.25) is 0 Å². The second kappa shape index (κ2) is 7.64. The maximum Gasteiger partial charge on any atom is 0.269 e. The highest BCUT2D eigenvalue weighted by Crippen LogP contribution is 2.27. The summed E-state index contributed by atoms with van der Waals surface area (Å²) in [4.78, 5) is 15.6. The Bertz CT molecular complexity index is 602. The zero-order valence-electron chi connectivity index (χ0n) is 11.8. The zero-order chi connectivity index (χ0) is 15.1. The monoisotopic (exact) mass is 303 g/mol. The molecule has 0 unspecified atom stereocenters. The molecule has 2 rings (SSSR count). The molecule has 0 aliphatic carbocycles. The molecule has 0 spiro atoms. The molecule has 1 aromatic carbocycles. The second-order valence-corrected chi connectivity index (χ2v) is 5.53. The number of thioether (sulfide) groups is 1. The van der Waals surface area contributed by atoms with E-state index in [0.717, 1.165) is 35.0 Å². The number of nitro benzene ring substituents is 1. The van der Waals surface area contributed by atoms with E-state index in [1.807, 2.05) is 12.1 Å². The smallest absolute Gasteiger partial charge is 0.269 e. The van der Waals surface area contributed by atoms with Crippen LogP contribution in [0.3, 0.4) is 0 Å². The molecule has 0 bridgehead atoms. The fraction of sp³-hybridized carbons (Fsp3) is 0.267. The topological polar surface area (TPSA) is 68.1 Å². The van der Waals surface area contributed by atoms with E-state index >= 15 is 0 Å². The van der Waals surface area contributed by atoms with Crippen molar-refractivity contribution in [3.8, 4) is 0 Å². The van der Waals surface area contributed by atoms with Crippen LogP contribution in [0.2, 0.25) is 0 Å². The van der Waals surface area contributed by atoms with Gasteiger partial charge < -0.3 is 5.32 Å². The zero-order valence-corrected chi connectivity index (χ0v) is 12.6. The number of benzene rings is 1. The van der Waals surface area contributed by atoms with E-state index < -0.39 is 0 Å². The molecule has 21 heavy (non-hydrogen) atoms. The van der Waals surface area contributed by atoms with Gasteiger partial charge in [0.05, 0.1) is 4.92 Å². The van der Waals surface area contributed by atoms with Crippen LogP contribution in [0.25, 0.3) is 0 Å². The lowest BCUT2D eigenvalue weighted by atomic mass is 10.3. The molecule has 0 fully saturated rings. The van der Waals surface area contributed by atoms with Crippen molar-refractivity contribution in [2.45, 2.75) is 24.0 Å². The predicted molar refractivity (Wildman–Crippen MR) is 85.7 cm³/mol. The summed E-state index contributed by atoms with van der Waals surface area (Å²) >= 11 is 1.64. The van der Waals surface area contributed by atoms with Crippen molar-refractivity contribution in [1.29, 1.82) is 0 Å². The highest BCUT2D eigenvalue weighted by atomic mass is 32.2. The Morgan fingerprint density at radius 3 is 2.71 bits per heavy atom. The molecule has 1 N–H and O–H groups in total. The van der Waals surface area contributed by atoms with Crippen LogP contribution in [0.4, 0.5) is 11.5 Å². The molecule has 0 radical (unpaired) electrons. The number of pyridine rings is 1. The van der Waals surface area contributed by atoms with E-state index in [2.05, 4.69) is 17.2 Å². The lowest BCUT2D eigenvalue weighted by Crippen LogP contribution is -2.04. The maximum atomic E-state index is 10.6. The van der Waals surface area contributed by atoms with Gasteiger partial charge in [0.15, 0.2) is 0 Å². The van der Waals surface area contributed by atoms with Crippen LogP contribution in [0.5, 0.6) is 0 Å². The summed E-state index contributed by atoms with van der Waals surface area (Å²) in [7, 11) is 0. The average Bonchev–Trinajstić information content (AvgIpc) is 2.52. The lowest BCUT2D eigenvalue weighted by molar-refractivity contribution is -0.384. The third-order valence-electron chi connectivity index (χ3n) is 2.88. The first kappa shape index (κ1) is 15.3. The molecule has 1 heterocycles. The minimum absolute atomic E-state index is 0.117. The van der Waals surface area contributed by atoms with E-state index in [-0.39, 0.29) is 10.6 Å². The van der Waals surface area contributed by atoms with Gasteiger partial charge in [-0.05, 0) is 24.6 Å². The number of rotatable bonds is 7. The summed E-state index contributed by atoms with van der Waals surface area (Å²) in [5.41, 5.74) is 1.25. The quantitative estimate of drug-likeness (QED) is 0.474. The van der Waals surface area contributed by atoms with Crippen LogP contribution in [0, 0.1) is 10.1 Å². The highest BCUT2D eigenvalue weighted by Gasteiger charge is 2.06. The molecule has 0 atom stereocenters. The number of nitrogens with zero attached hydrogens (tertiary/aromatic N) is 2. The number of non-ortho nitro benzene ring substituents is 1. The molecule has 1 aromatic heterocycles. The van der Waals surface area contributed by atoms with Crippen LogP contribution in [-0.2, 0) is 5.75 Å². The Hall–Kier alpha value is -2.08. The van der Waals surface area contributed by atoms with Crippen molar-refractivity contribution < 1.29 is 4.92 Å². The molecular weight excluding hydrogens is 286 g/mol. The van der Waals surface area contributed by atoms with Gasteiger partial charge in [-0.2, -0.15) is 0 Å². The molecule has 0 saturated carbocycles. The Labute approximate surface area is 127 Å². The van der Waals surface area contributed by atoms with Gasteiger partial charge in [0.25, 0.3) is 5.69 Å². The molecule has 0 aliphatic heterocycles. The number of nitro groups is 1. The molecule has 5 nitrogen and oxygen atoms in total. The first-order chi connectivity index (χ1) is 10.2. The van der Waals surface area contributed by atoms with Crippen LogP contribution in [0.1, 0.15) is 18.9 Å². The number of nitrogens with one attached hydrogen (secondary N) is 1. The minimum Gasteiger partial charge on any atom is -0.370 e. The Morgan fingerprint density at radius 2 is 2.05 bits per heavy atom. The summed E-state index contributed by atoms with van der Waals surface area (Å²) in [6, 6.07) is 10.6. The summed E-state index contributed by atoms with van der Waals surface area (Å²) < 4.78 is 0. The Balaban J connectivity index is 2.00. The lowest BCUT2D eigenvalue weighted by Gasteiger charge is -2.09. The van der Waals surface area contributed by atoms with Gasteiger partial charge in [-0.25, -0.2) is 4.98 Å². The van der Waals surface area contributed by atoms with Crippen LogP contribution < -0.4 is 5.32 Å². The maximum absolute atomic E-state index is 10.6. The highest BCUT2D eigenvalue weighted by molar-refractivity contribution is 7.98. The Morgan fingerprint density at radius 1 is 1.29 bits per heavy atom. The third kappa shape index (κ3) is 4.46. The third-order valence-corrected chi connectivity index (χ3v) is 3.94. The van der Waals surface area contributed by atoms with Gasteiger partial charge in [-0.1, -0.05) is 13.0 Å². The predicted octanol–water partition coefficient (Wildman–Crippen LogP) is 4.10. The molecule has 0 amide bonds. The number of hydrogen-bond acceptors (Lipinski definition) is 5. The van der Waals surface area contributed by atoms with Crippen molar-refractivity contribution in [2.24, 2.45) is 0 Å². The fourth-order valence-corrected chi connectivity index (χ4v) is 2.67. The first-order valence-electron chi connectivity index (χ1n) is 6.75. The van der Waals surface area contributed by atoms with Gasteiger partial charge >= 0.3 is 0 Å².